The molecule has 2 aromatic rings. The third kappa shape index (κ3) is 6.15. The molecular weight excluding hydrogens is 375 g/mol. The number of benzene rings is 2. The molecule has 2 rings (SSSR count). The van der Waals surface area contributed by atoms with Crippen LogP contribution in [0.1, 0.15) is 12.5 Å². The number of anilines is 1. The summed E-state index contributed by atoms with van der Waals surface area (Å²) < 4.78 is 43.9. The van der Waals surface area contributed by atoms with E-state index in [1.54, 1.807) is 18.2 Å². The van der Waals surface area contributed by atoms with Gasteiger partial charge in [-0.15, -0.1) is 0 Å². The molecule has 0 bridgehead atoms. The van der Waals surface area contributed by atoms with Gasteiger partial charge in [0.05, 0.1) is 4.90 Å². The average Bonchev–Trinajstić information content (AvgIpc) is 2.60. The predicted molar refractivity (Wildman–Crippen MR) is 97.0 cm³/mol. The fourth-order valence-electron chi connectivity index (χ4n) is 2.11. The molecule has 0 unspecified atom stereocenters. The Morgan fingerprint density at radius 1 is 1.15 bits per heavy atom. The molecular formula is C18H19FN2O5S. The summed E-state index contributed by atoms with van der Waals surface area (Å²) in [7, 11) is -4.00. The van der Waals surface area contributed by atoms with Crippen molar-refractivity contribution >= 4 is 27.6 Å². The first kappa shape index (κ1) is 20.5. The van der Waals surface area contributed by atoms with Gasteiger partial charge < -0.3 is 10.1 Å². The lowest BCUT2D eigenvalue weighted by molar-refractivity contribution is -0.151. The molecule has 0 heterocycles. The van der Waals surface area contributed by atoms with E-state index in [1.165, 1.54) is 6.92 Å². The summed E-state index contributed by atoms with van der Waals surface area (Å²) in [5, 5.41) is 2.60. The molecule has 0 aliphatic carbocycles. The molecule has 2 aromatic carbocycles. The number of aryl methyl sites for hydroxylation is 1. The van der Waals surface area contributed by atoms with Crippen LogP contribution in [-0.4, -0.2) is 32.9 Å². The van der Waals surface area contributed by atoms with Gasteiger partial charge in [-0.3, -0.25) is 9.59 Å². The molecule has 144 valence electrons. The van der Waals surface area contributed by atoms with E-state index in [2.05, 4.69) is 5.32 Å². The van der Waals surface area contributed by atoms with Crippen LogP contribution in [0.4, 0.5) is 10.1 Å². The maximum atomic E-state index is 12.9. The summed E-state index contributed by atoms with van der Waals surface area (Å²) >= 11 is 0. The van der Waals surface area contributed by atoms with Crippen molar-refractivity contribution < 1.29 is 27.1 Å². The largest absolute Gasteiger partial charge is 0.452 e. The van der Waals surface area contributed by atoms with Crippen molar-refractivity contribution in [2.75, 3.05) is 11.9 Å². The Balaban J connectivity index is 1.87. The second kappa shape index (κ2) is 8.74. The lowest BCUT2D eigenvalue weighted by Gasteiger charge is -2.14. The van der Waals surface area contributed by atoms with Crippen molar-refractivity contribution in [1.29, 1.82) is 0 Å². The van der Waals surface area contributed by atoms with Crippen molar-refractivity contribution in [3.63, 3.8) is 0 Å². The van der Waals surface area contributed by atoms with Gasteiger partial charge in [0.25, 0.3) is 5.91 Å². The third-order valence-electron chi connectivity index (χ3n) is 3.49. The lowest BCUT2D eigenvalue weighted by Crippen LogP contribution is -2.35. The number of ether oxygens (including phenoxy) is 1. The summed E-state index contributed by atoms with van der Waals surface area (Å²) in [5.41, 5.74) is 1.51. The molecule has 1 atom stereocenters. The predicted octanol–water partition coefficient (Wildman–Crippen LogP) is 1.98. The Kier molecular flexibility index (Phi) is 6.65. The average molecular weight is 394 g/mol. The minimum absolute atomic E-state index is 0.193. The zero-order valence-electron chi connectivity index (χ0n) is 14.7. The first-order valence-corrected chi connectivity index (χ1v) is 9.48. The molecule has 1 amide bonds. The number of hydrogen-bond acceptors (Lipinski definition) is 5. The molecule has 0 radical (unpaired) electrons. The van der Waals surface area contributed by atoms with Crippen LogP contribution in [0.25, 0.3) is 0 Å². The Labute approximate surface area is 156 Å². The normalized spacial score (nSPS) is 12.3. The highest BCUT2D eigenvalue weighted by Crippen LogP contribution is 2.11. The van der Waals surface area contributed by atoms with Crippen molar-refractivity contribution in [3.05, 3.63) is 59.9 Å². The molecule has 27 heavy (non-hydrogen) atoms. The topological polar surface area (TPSA) is 102 Å². The van der Waals surface area contributed by atoms with Gasteiger partial charge in [-0.05, 0) is 55.8 Å². The first-order chi connectivity index (χ1) is 12.7. The Morgan fingerprint density at radius 2 is 1.81 bits per heavy atom. The highest BCUT2D eigenvalue weighted by atomic mass is 32.2. The van der Waals surface area contributed by atoms with Crippen LogP contribution < -0.4 is 10.0 Å². The van der Waals surface area contributed by atoms with Crippen LogP contribution in [0.5, 0.6) is 0 Å². The number of amides is 1. The van der Waals surface area contributed by atoms with E-state index < -0.39 is 40.4 Å². The maximum absolute atomic E-state index is 12.9. The highest BCUT2D eigenvalue weighted by Gasteiger charge is 2.20. The molecule has 0 saturated carbocycles. The SMILES string of the molecule is Cc1cccc(NC(=O)[C@@H](C)OC(=O)CNS(=O)(=O)c2ccc(F)cc2)c1. The number of sulfonamides is 1. The number of carbonyl (C=O) groups is 2. The molecule has 0 fully saturated rings. The monoisotopic (exact) mass is 394 g/mol. The minimum atomic E-state index is -4.00. The van der Waals surface area contributed by atoms with E-state index in [0.29, 0.717) is 5.69 Å². The number of hydrogen-bond donors (Lipinski definition) is 2. The molecule has 0 aromatic heterocycles. The van der Waals surface area contributed by atoms with Gasteiger partial charge in [0.2, 0.25) is 10.0 Å². The number of carbonyl (C=O) groups excluding carboxylic acids is 2. The molecule has 0 spiro atoms. The minimum Gasteiger partial charge on any atom is -0.452 e. The number of halogens is 1. The Hall–Kier alpha value is -2.78. The van der Waals surface area contributed by atoms with Gasteiger partial charge in [-0.1, -0.05) is 12.1 Å². The molecule has 0 aliphatic heterocycles. The lowest BCUT2D eigenvalue weighted by atomic mass is 10.2. The number of nitrogens with one attached hydrogen (secondary N) is 2. The summed E-state index contributed by atoms with van der Waals surface area (Å²) in [4.78, 5) is 23.7. The van der Waals surface area contributed by atoms with Gasteiger partial charge >= 0.3 is 5.97 Å². The quantitative estimate of drug-likeness (QED) is 0.700. The fraction of sp³-hybridized carbons (Fsp3) is 0.222. The smallest absolute Gasteiger partial charge is 0.321 e. The van der Waals surface area contributed by atoms with Crippen molar-refractivity contribution in [2.24, 2.45) is 0 Å². The van der Waals surface area contributed by atoms with Gasteiger partial charge in [0.1, 0.15) is 12.4 Å². The van der Waals surface area contributed by atoms with E-state index in [1.807, 2.05) is 17.7 Å². The second-order valence-electron chi connectivity index (χ2n) is 5.77. The Morgan fingerprint density at radius 3 is 2.44 bits per heavy atom. The Bertz CT molecular complexity index is 929. The van der Waals surface area contributed by atoms with E-state index >= 15 is 0 Å². The molecule has 0 saturated heterocycles. The standard InChI is InChI=1S/C18H19FN2O5S/c1-12-4-3-5-15(10-12)21-18(23)13(2)26-17(22)11-20-27(24,25)16-8-6-14(19)7-9-16/h3-10,13,20H,11H2,1-2H3,(H,21,23)/t13-/m1/s1. The summed E-state index contributed by atoms with van der Waals surface area (Å²) in [6.45, 7) is 2.58. The zero-order chi connectivity index (χ0) is 20.0. The van der Waals surface area contributed by atoms with Gasteiger partial charge in [-0.25, -0.2) is 12.8 Å². The van der Waals surface area contributed by atoms with E-state index in [4.69, 9.17) is 4.74 Å². The van der Waals surface area contributed by atoms with Crippen LogP contribution in [0.2, 0.25) is 0 Å². The van der Waals surface area contributed by atoms with Crippen LogP contribution >= 0.6 is 0 Å². The van der Waals surface area contributed by atoms with E-state index in [0.717, 1.165) is 29.8 Å². The molecule has 7 nitrogen and oxygen atoms in total. The van der Waals surface area contributed by atoms with E-state index in [9.17, 15) is 22.4 Å². The van der Waals surface area contributed by atoms with Crippen LogP contribution in [0, 0.1) is 12.7 Å². The van der Waals surface area contributed by atoms with Crippen molar-refractivity contribution in [1.82, 2.24) is 4.72 Å². The second-order valence-corrected chi connectivity index (χ2v) is 7.54. The van der Waals surface area contributed by atoms with Crippen LogP contribution in [0.15, 0.2) is 53.4 Å². The van der Waals surface area contributed by atoms with E-state index in [-0.39, 0.29) is 4.90 Å². The first-order valence-electron chi connectivity index (χ1n) is 7.99. The molecule has 9 heteroatoms. The van der Waals surface area contributed by atoms with Crippen molar-refractivity contribution in [2.45, 2.75) is 24.8 Å². The summed E-state index contributed by atoms with van der Waals surface area (Å²) in [6.07, 6.45) is -1.12. The maximum Gasteiger partial charge on any atom is 0.321 e. The highest BCUT2D eigenvalue weighted by molar-refractivity contribution is 7.89. The van der Waals surface area contributed by atoms with Crippen molar-refractivity contribution in [3.8, 4) is 0 Å². The van der Waals surface area contributed by atoms with Crippen LogP contribution in [0.3, 0.4) is 0 Å². The third-order valence-corrected chi connectivity index (χ3v) is 4.91. The van der Waals surface area contributed by atoms with Gasteiger partial charge in [0, 0.05) is 5.69 Å². The molecule has 0 aliphatic rings. The van der Waals surface area contributed by atoms with Gasteiger partial charge in [0.15, 0.2) is 6.10 Å². The summed E-state index contributed by atoms with van der Waals surface area (Å²) in [5.74, 6) is -2.05. The van der Waals surface area contributed by atoms with Crippen LogP contribution in [-0.2, 0) is 24.3 Å². The summed E-state index contributed by atoms with van der Waals surface area (Å²) in [6, 6.07) is 11.2. The van der Waals surface area contributed by atoms with Gasteiger partial charge in [-0.2, -0.15) is 4.72 Å². The molecule has 2 N–H and O–H groups in total. The number of esters is 1. The number of rotatable bonds is 7. The zero-order valence-corrected chi connectivity index (χ0v) is 15.5. The fourth-order valence-corrected chi connectivity index (χ4v) is 3.08.